The molecule has 0 aromatic heterocycles. The summed E-state index contributed by atoms with van der Waals surface area (Å²) < 4.78 is 5.35. The predicted octanol–water partition coefficient (Wildman–Crippen LogP) is 5.60. The zero-order valence-corrected chi connectivity index (χ0v) is 19.1. The van der Waals surface area contributed by atoms with Gasteiger partial charge in [-0.15, -0.1) is 0 Å². The quantitative estimate of drug-likeness (QED) is 0.581. The van der Waals surface area contributed by atoms with Crippen molar-refractivity contribution in [1.82, 2.24) is 0 Å². The second-order valence-electron chi connectivity index (χ2n) is 12.2. The fraction of sp³-hybridized carbons (Fsp3) is 0.962. The molecule has 0 radical (unpaired) electrons. The van der Waals surface area contributed by atoms with E-state index >= 15 is 0 Å². The summed E-state index contributed by atoms with van der Waals surface area (Å²) in [5.74, 6) is 4.08. The summed E-state index contributed by atoms with van der Waals surface area (Å²) in [7, 11) is 1.59. The Kier molecular flexibility index (Phi) is 4.71. The van der Waals surface area contributed by atoms with Gasteiger partial charge in [-0.05, 0) is 111 Å². The van der Waals surface area contributed by atoms with E-state index in [2.05, 4.69) is 20.8 Å². The van der Waals surface area contributed by atoms with Crippen LogP contribution in [0.25, 0.3) is 0 Å². The van der Waals surface area contributed by atoms with Crippen molar-refractivity contribution in [2.75, 3.05) is 7.11 Å². The first-order valence-corrected chi connectivity index (χ1v) is 12.5. The SMILES string of the molecule is COC(=O)C12CCCC1C1CCC3C4(C)CCC(O)C(C)C4CCC3(C)C1CC2. The Morgan fingerprint density at radius 2 is 1.55 bits per heavy atom. The van der Waals surface area contributed by atoms with Crippen molar-refractivity contribution in [1.29, 1.82) is 0 Å². The smallest absolute Gasteiger partial charge is 0.312 e. The van der Waals surface area contributed by atoms with Gasteiger partial charge in [-0.1, -0.05) is 27.2 Å². The third kappa shape index (κ3) is 2.55. The molecule has 1 N–H and O–H groups in total. The highest BCUT2D eigenvalue weighted by Gasteiger charge is 2.65. The number of aliphatic hydroxyl groups is 1. The molecule has 3 heteroatoms. The molecule has 10 atom stereocenters. The summed E-state index contributed by atoms with van der Waals surface area (Å²) in [6.07, 6.45) is 13.1. The summed E-state index contributed by atoms with van der Waals surface area (Å²) in [6, 6.07) is 0. The number of carbonyl (C=O) groups is 1. The van der Waals surface area contributed by atoms with Gasteiger partial charge in [0.1, 0.15) is 0 Å². The number of methoxy groups -OCH3 is 1. The van der Waals surface area contributed by atoms with Crippen molar-refractivity contribution in [2.24, 2.45) is 51.8 Å². The highest BCUT2D eigenvalue weighted by molar-refractivity contribution is 5.77. The van der Waals surface area contributed by atoms with Gasteiger partial charge in [0.15, 0.2) is 0 Å². The Morgan fingerprint density at radius 3 is 2.31 bits per heavy atom. The number of ether oxygens (including phenoxy) is 1. The zero-order chi connectivity index (χ0) is 20.6. The van der Waals surface area contributed by atoms with E-state index in [0.29, 0.717) is 28.6 Å². The van der Waals surface area contributed by atoms with Crippen LogP contribution < -0.4 is 0 Å². The molecule has 5 saturated carbocycles. The van der Waals surface area contributed by atoms with Crippen LogP contribution in [-0.4, -0.2) is 24.3 Å². The molecule has 10 unspecified atom stereocenters. The van der Waals surface area contributed by atoms with E-state index in [1.165, 1.54) is 51.4 Å². The Bertz CT molecular complexity index is 675. The molecule has 5 fully saturated rings. The molecule has 5 rings (SSSR count). The van der Waals surface area contributed by atoms with Gasteiger partial charge >= 0.3 is 5.97 Å². The predicted molar refractivity (Wildman–Crippen MR) is 114 cm³/mol. The molecule has 0 aromatic rings. The van der Waals surface area contributed by atoms with Crippen LogP contribution in [0.15, 0.2) is 0 Å². The van der Waals surface area contributed by atoms with Gasteiger partial charge in [-0.25, -0.2) is 0 Å². The molecule has 0 heterocycles. The number of rotatable bonds is 1. The summed E-state index contributed by atoms with van der Waals surface area (Å²) in [4.78, 5) is 12.9. The molecule has 0 bridgehead atoms. The number of carbonyl (C=O) groups excluding carboxylic acids is 1. The second kappa shape index (κ2) is 6.71. The lowest BCUT2D eigenvalue weighted by Gasteiger charge is -2.67. The first kappa shape index (κ1) is 20.3. The zero-order valence-electron chi connectivity index (χ0n) is 19.1. The topological polar surface area (TPSA) is 46.5 Å². The van der Waals surface area contributed by atoms with Crippen LogP contribution in [-0.2, 0) is 9.53 Å². The van der Waals surface area contributed by atoms with Crippen molar-refractivity contribution in [3.05, 3.63) is 0 Å². The molecule has 5 aliphatic carbocycles. The van der Waals surface area contributed by atoms with Crippen LogP contribution in [0.5, 0.6) is 0 Å². The molecule has 0 aliphatic heterocycles. The van der Waals surface area contributed by atoms with Crippen molar-refractivity contribution in [3.63, 3.8) is 0 Å². The molecule has 0 aromatic carbocycles. The second-order valence-corrected chi connectivity index (χ2v) is 12.2. The molecule has 164 valence electrons. The van der Waals surface area contributed by atoms with Crippen molar-refractivity contribution in [3.8, 4) is 0 Å². The normalized spacial score (nSPS) is 56.5. The van der Waals surface area contributed by atoms with E-state index in [9.17, 15) is 9.90 Å². The third-order valence-corrected chi connectivity index (χ3v) is 11.7. The van der Waals surface area contributed by atoms with Gasteiger partial charge in [0.25, 0.3) is 0 Å². The maximum absolute atomic E-state index is 12.9. The van der Waals surface area contributed by atoms with E-state index in [1.807, 2.05) is 0 Å². The number of esters is 1. The number of fused-ring (bicyclic) bond motifs is 7. The maximum Gasteiger partial charge on any atom is 0.312 e. The number of aliphatic hydroxyl groups excluding tert-OH is 1. The Hall–Kier alpha value is -0.570. The molecule has 0 saturated heterocycles. The third-order valence-electron chi connectivity index (χ3n) is 11.7. The lowest BCUT2D eigenvalue weighted by atomic mass is 9.37. The average molecular weight is 403 g/mol. The van der Waals surface area contributed by atoms with E-state index in [-0.39, 0.29) is 17.5 Å². The minimum Gasteiger partial charge on any atom is -0.469 e. The minimum absolute atomic E-state index is 0.0940. The van der Waals surface area contributed by atoms with Gasteiger partial charge in [0.2, 0.25) is 0 Å². The highest BCUT2D eigenvalue weighted by Crippen LogP contribution is 2.71. The molecule has 0 spiro atoms. The van der Waals surface area contributed by atoms with E-state index in [4.69, 9.17) is 4.74 Å². The standard InChI is InChI=1S/C26H42O3/c1-16-18-9-13-25(3)19-10-15-26(23(28)29-4)12-5-6-20(26)17(19)7-8-22(25)24(18,2)14-11-21(16)27/h16-22,27H,5-15H2,1-4H3. The molecular weight excluding hydrogens is 360 g/mol. The van der Waals surface area contributed by atoms with Gasteiger partial charge in [-0.3, -0.25) is 4.79 Å². The van der Waals surface area contributed by atoms with Gasteiger partial charge in [0.05, 0.1) is 18.6 Å². The van der Waals surface area contributed by atoms with Crippen LogP contribution in [0.2, 0.25) is 0 Å². The Labute approximate surface area is 177 Å². The van der Waals surface area contributed by atoms with Crippen molar-refractivity contribution >= 4 is 5.97 Å². The summed E-state index contributed by atoms with van der Waals surface area (Å²) in [5.41, 5.74) is 0.647. The fourth-order valence-corrected chi connectivity index (χ4v) is 10.4. The number of hydrogen-bond donors (Lipinski definition) is 1. The van der Waals surface area contributed by atoms with Crippen LogP contribution in [0, 0.1) is 51.8 Å². The first-order valence-electron chi connectivity index (χ1n) is 12.5. The van der Waals surface area contributed by atoms with Gasteiger partial charge in [0, 0.05) is 0 Å². The van der Waals surface area contributed by atoms with Crippen LogP contribution in [0.1, 0.15) is 91.4 Å². The van der Waals surface area contributed by atoms with Crippen LogP contribution in [0.4, 0.5) is 0 Å². The number of hydrogen-bond acceptors (Lipinski definition) is 3. The van der Waals surface area contributed by atoms with Crippen LogP contribution in [0.3, 0.4) is 0 Å². The van der Waals surface area contributed by atoms with Crippen LogP contribution >= 0.6 is 0 Å². The minimum atomic E-state index is -0.163. The monoisotopic (exact) mass is 402 g/mol. The Balaban J connectivity index is 1.46. The Morgan fingerprint density at radius 1 is 0.862 bits per heavy atom. The summed E-state index contributed by atoms with van der Waals surface area (Å²) in [6.45, 7) is 7.52. The largest absolute Gasteiger partial charge is 0.469 e. The average Bonchev–Trinajstić information content (AvgIpc) is 3.16. The van der Waals surface area contributed by atoms with E-state index in [0.717, 1.165) is 37.0 Å². The molecule has 0 amide bonds. The molecule has 29 heavy (non-hydrogen) atoms. The van der Waals surface area contributed by atoms with E-state index < -0.39 is 0 Å². The lowest BCUT2D eigenvalue weighted by Crippen LogP contribution is -2.61. The molecular formula is C26H42O3. The summed E-state index contributed by atoms with van der Waals surface area (Å²) in [5, 5.41) is 10.5. The van der Waals surface area contributed by atoms with Crippen molar-refractivity contribution < 1.29 is 14.6 Å². The molecule has 3 nitrogen and oxygen atoms in total. The maximum atomic E-state index is 12.9. The van der Waals surface area contributed by atoms with Gasteiger partial charge < -0.3 is 9.84 Å². The fourth-order valence-electron chi connectivity index (χ4n) is 10.4. The van der Waals surface area contributed by atoms with Crippen molar-refractivity contribution in [2.45, 2.75) is 97.5 Å². The lowest BCUT2D eigenvalue weighted by molar-refractivity contribution is -0.200. The summed E-state index contributed by atoms with van der Waals surface area (Å²) >= 11 is 0. The van der Waals surface area contributed by atoms with E-state index in [1.54, 1.807) is 7.11 Å². The first-order chi connectivity index (χ1) is 13.8. The van der Waals surface area contributed by atoms with Gasteiger partial charge in [-0.2, -0.15) is 0 Å². The highest BCUT2D eigenvalue weighted by atomic mass is 16.5. The molecule has 5 aliphatic rings.